The predicted octanol–water partition coefficient (Wildman–Crippen LogP) is 4.31. The molecule has 5 rings (SSSR count). The van der Waals surface area contributed by atoms with Gasteiger partial charge in [-0.2, -0.15) is 5.26 Å². The summed E-state index contributed by atoms with van der Waals surface area (Å²) in [7, 11) is 1.63. The largest absolute Gasteiger partial charge is 0.384 e. The Balaban J connectivity index is 1.51. The first-order chi connectivity index (χ1) is 17.0. The third kappa shape index (κ3) is 4.68. The molecule has 0 radical (unpaired) electrons. The fraction of sp³-hybridized carbons (Fsp3) is 0.500. The van der Waals surface area contributed by atoms with Gasteiger partial charge in [0.2, 0.25) is 5.91 Å². The van der Waals surface area contributed by atoms with Crippen LogP contribution in [0, 0.1) is 24.2 Å². The van der Waals surface area contributed by atoms with Crippen LogP contribution in [0.25, 0.3) is 17.2 Å². The van der Waals surface area contributed by atoms with Crippen LogP contribution < -0.4 is 4.90 Å². The molecule has 0 aromatic carbocycles. The molecule has 2 aromatic rings. The fourth-order valence-electron chi connectivity index (χ4n) is 5.33. The third-order valence-corrected chi connectivity index (χ3v) is 7.54. The van der Waals surface area contributed by atoms with E-state index in [0.29, 0.717) is 43.5 Å². The number of pyridine rings is 2. The van der Waals surface area contributed by atoms with Crippen LogP contribution in [0.5, 0.6) is 0 Å². The molecule has 0 spiro atoms. The Kier molecular flexibility index (Phi) is 6.57. The van der Waals surface area contributed by atoms with E-state index in [1.807, 2.05) is 19.1 Å². The maximum atomic E-state index is 12.9. The van der Waals surface area contributed by atoms with Crippen molar-refractivity contribution in [1.82, 2.24) is 14.9 Å². The molecule has 1 aliphatic heterocycles. The van der Waals surface area contributed by atoms with Crippen molar-refractivity contribution >= 4 is 17.8 Å². The van der Waals surface area contributed by atoms with Gasteiger partial charge in [-0.1, -0.05) is 6.58 Å². The van der Waals surface area contributed by atoms with Gasteiger partial charge in [0.05, 0.1) is 36.0 Å². The van der Waals surface area contributed by atoms with Crippen molar-refractivity contribution in [2.24, 2.45) is 5.92 Å². The molecule has 2 aliphatic carbocycles. The van der Waals surface area contributed by atoms with E-state index in [-0.39, 0.29) is 11.9 Å². The first-order valence-corrected chi connectivity index (χ1v) is 12.6. The Morgan fingerprint density at radius 2 is 2.11 bits per heavy atom. The Morgan fingerprint density at radius 3 is 2.77 bits per heavy atom. The lowest BCUT2D eigenvalue weighted by atomic mass is 9.93. The van der Waals surface area contributed by atoms with Crippen LogP contribution in [0.15, 0.2) is 24.9 Å². The molecular weight excluding hydrogens is 438 g/mol. The SMILES string of the molecule is C=Cc1cc(-c2c(C3CC3)nc(N3CCN(C(=O)CCOC)[C@H](C4CC4)C3)c(C#N)c2C)ccn1. The first-order valence-electron chi connectivity index (χ1n) is 12.6. The molecule has 0 unspecified atom stereocenters. The summed E-state index contributed by atoms with van der Waals surface area (Å²) in [5, 5.41) is 10.2. The summed E-state index contributed by atoms with van der Waals surface area (Å²) in [6.07, 6.45) is 8.51. The lowest BCUT2D eigenvalue weighted by Gasteiger charge is -2.43. The minimum atomic E-state index is 0.165. The lowest BCUT2D eigenvalue weighted by molar-refractivity contribution is -0.135. The number of ether oxygens (including phenoxy) is 1. The average molecular weight is 472 g/mol. The molecule has 7 nitrogen and oxygen atoms in total. The molecule has 1 amide bonds. The van der Waals surface area contributed by atoms with Gasteiger partial charge >= 0.3 is 0 Å². The first kappa shape index (κ1) is 23.5. The van der Waals surface area contributed by atoms with Gasteiger partial charge in [0, 0.05) is 44.4 Å². The second-order valence-corrected chi connectivity index (χ2v) is 9.94. The number of aromatic nitrogens is 2. The zero-order valence-electron chi connectivity index (χ0n) is 20.7. The van der Waals surface area contributed by atoms with E-state index in [1.54, 1.807) is 19.4 Å². The van der Waals surface area contributed by atoms with Crippen molar-refractivity contribution in [2.45, 2.75) is 51.0 Å². The van der Waals surface area contributed by atoms with Gasteiger partial charge in [0.15, 0.2) is 0 Å². The van der Waals surface area contributed by atoms with Gasteiger partial charge in [-0.25, -0.2) is 4.98 Å². The standard InChI is InChI=1S/C28H33N5O2/c1-4-22-15-21(9-11-30-22)26-18(2)23(16-29)28(31-27(26)20-7-8-20)32-12-13-33(25(34)10-14-35-3)24(17-32)19-5-6-19/h4,9,11,15,19-20,24H,1,5-8,10,12-14,17H2,2-3H3/t24-/m0/s1. The molecule has 35 heavy (non-hydrogen) atoms. The Labute approximate surface area is 207 Å². The van der Waals surface area contributed by atoms with Crippen molar-refractivity contribution in [1.29, 1.82) is 5.26 Å². The number of hydrogen-bond donors (Lipinski definition) is 0. The summed E-state index contributed by atoms with van der Waals surface area (Å²) in [5.41, 5.74) is 5.60. The smallest absolute Gasteiger partial charge is 0.225 e. The molecule has 3 aliphatic rings. The van der Waals surface area contributed by atoms with Gasteiger partial charge in [0.25, 0.3) is 0 Å². The Hall–Kier alpha value is -3.24. The van der Waals surface area contributed by atoms with Gasteiger partial charge in [-0.3, -0.25) is 9.78 Å². The van der Waals surface area contributed by atoms with E-state index in [2.05, 4.69) is 27.4 Å². The molecule has 3 heterocycles. The molecule has 0 bridgehead atoms. The molecular formula is C28H33N5O2. The van der Waals surface area contributed by atoms with E-state index in [9.17, 15) is 10.1 Å². The summed E-state index contributed by atoms with van der Waals surface area (Å²) in [4.78, 5) is 26.7. The number of carbonyl (C=O) groups excluding carboxylic acids is 1. The van der Waals surface area contributed by atoms with E-state index < -0.39 is 0 Å². The number of carbonyl (C=O) groups is 1. The molecule has 182 valence electrons. The minimum Gasteiger partial charge on any atom is -0.384 e. The second kappa shape index (κ2) is 9.79. The number of anilines is 1. The van der Waals surface area contributed by atoms with Crippen molar-refractivity contribution in [2.75, 3.05) is 38.3 Å². The van der Waals surface area contributed by atoms with Crippen molar-refractivity contribution in [3.05, 3.63) is 47.4 Å². The van der Waals surface area contributed by atoms with E-state index in [1.165, 1.54) is 0 Å². The monoisotopic (exact) mass is 471 g/mol. The van der Waals surface area contributed by atoms with Crippen molar-refractivity contribution in [3.8, 4) is 17.2 Å². The van der Waals surface area contributed by atoms with Gasteiger partial charge < -0.3 is 14.5 Å². The van der Waals surface area contributed by atoms with Crippen molar-refractivity contribution in [3.63, 3.8) is 0 Å². The molecule has 1 atom stereocenters. The fourth-order valence-corrected chi connectivity index (χ4v) is 5.33. The summed E-state index contributed by atoms with van der Waals surface area (Å²) in [5.74, 6) is 1.90. The zero-order valence-corrected chi connectivity index (χ0v) is 20.7. The number of methoxy groups -OCH3 is 1. The number of nitrogens with zero attached hydrogens (tertiary/aromatic N) is 5. The van der Waals surface area contributed by atoms with Crippen LogP contribution in [0.3, 0.4) is 0 Å². The maximum absolute atomic E-state index is 12.9. The summed E-state index contributed by atoms with van der Waals surface area (Å²) in [6.45, 7) is 8.41. The highest BCUT2D eigenvalue weighted by Crippen LogP contribution is 2.47. The van der Waals surface area contributed by atoms with E-state index in [0.717, 1.165) is 66.1 Å². The lowest BCUT2D eigenvalue weighted by Crippen LogP contribution is -2.56. The highest BCUT2D eigenvalue weighted by atomic mass is 16.5. The molecule has 2 saturated carbocycles. The van der Waals surface area contributed by atoms with Crippen LogP contribution >= 0.6 is 0 Å². The summed E-state index contributed by atoms with van der Waals surface area (Å²) < 4.78 is 5.14. The predicted molar refractivity (Wildman–Crippen MR) is 136 cm³/mol. The number of rotatable bonds is 8. The third-order valence-electron chi connectivity index (χ3n) is 7.54. The van der Waals surface area contributed by atoms with Gasteiger partial charge in [0.1, 0.15) is 11.9 Å². The number of hydrogen-bond acceptors (Lipinski definition) is 6. The zero-order chi connectivity index (χ0) is 24.5. The average Bonchev–Trinajstić information content (AvgIpc) is 3.79. The number of piperazine rings is 1. The van der Waals surface area contributed by atoms with E-state index in [4.69, 9.17) is 9.72 Å². The van der Waals surface area contributed by atoms with Gasteiger partial charge in [-0.05, 0) is 67.9 Å². The second-order valence-electron chi connectivity index (χ2n) is 9.94. The highest BCUT2D eigenvalue weighted by molar-refractivity contribution is 5.79. The highest BCUT2D eigenvalue weighted by Gasteiger charge is 2.42. The van der Waals surface area contributed by atoms with Crippen LogP contribution in [-0.2, 0) is 9.53 Å². The summed E-state index contributed by atoms with van der Waals surface area (Å²) >= 11 is 0. The number of nitriles is 1. The Morgan fingerprint density at radius 1 is 1.31 bits per heavy atom. The van der Waals surface area contributed by atoms with Crippen LogP contribution in [0.1, 0.15) is 60.5 Å². The van der Waals surface area contributed by atoms with E-state index >= 15 is 0 Å². The quantitative estimate of drug-likeness (QED) is 0.571. The van der Waals surface area contributed by atoms with Gasteiger partial charge in [-0.15, -0.1) is 0 Å². The van der Waals surface area contributed by atoms with Crippen LogP contribution in [0.2, 0.25) is 0 Å². The number of amides is 1. The molecule has 1 saturated heterocycles. The molecule has 3 fully saturated rings. The Bertz CT molecular complexity index is 1180. The minimum absolute atomic E-state index is 0.165. The molecule has 2 aromatic heterocycles. The maximum Gasteiger partial charge on any atom is 0.225 e. The topological polar surface area (TPSA) is 82.4 Å². The van der Waals surface area contributed by atoms with Crippen LogP contribution in [0.4, 0.5) is 5.82 Å². The normalized spacial score (nSPS) is 20.0. The molecule has 0 N–H and O–H groups in total. The summed E-state index contributed by atoms with van der Waals surface area (Å²) in [6, 6.07) is 6.66. The van der Waals surface area contributed by atoms with Crippen LogP contribution in [-0.4, -0.2) is 60.2 Å². The van der Waals surface area contributed by atoms with Crippen molar-refractivity contribution < 1.29 is 9.53 Å². The molecule has 7 heteroatoms.